The fourth-order valence-corrected chi connectivity index (χ4v) is 5.37. The molecule has 3 heterocycles. The molecule has 0 aliphatic rings. The minimum absolute atomic E-state index is 0.677. The quantitative estimate of drug-likeness (QED) is 0.233. The van der Waals surface area contributed by atoms with Crippen LogP contribution < -0.4 is 4.90 Å². The van der Waals surface area contributed by atoms with E-state index in [0.29, 0.717) is 12.4 Å². The van der Waals surface area contributed by atoms with E-state index >= 15 is 0 Å². The maximum absolute atomic E-state index is 5.11. The smallest absolute Gasteiger partial charge is 0.182 e. The van der Waals surface area contributed by atoms with Gasteiger partial charge in [0.15, 0.2) is 11.5 Å². The topological polar surface area (TPSA) is 51.2 Å². The van der Waals surface area contributed by atoms with Crippen LogP contribution in [0, 0.1) is 0 Å². The first kappa shape index (κ1) is 23.9. The van der Waals surface area contributed by atoms with E-state index in [2.05, 4.69) is 125 Å². The third kappa shape index (κ3) is 4.10. The van der Waals surface area contributed by atoms with E-state index in [1.807, 2.05) is 18.6 Å². The van der Waals surface area contributed by atoms with Gasteiger partial charge >= 0.3 is 0 Å². The van der Waals surface area contributed by atoms with Crippen LogP contribution in [0.15, 0.2) is 122 Å². The summed E-state index contributed by atoms with van der Waals surface area (Å²) in [7, 11) is 4.08. The van der Waals surface area contributed by atoms with Crippen LogP contribution in [0.25, 0.3) is 50.5 Å². The molecule has 0 amide bonds. The Hall–Kier alpha value is -5.23. The highest BCUT2D eigenvalue weighted by Gasteiger charge is 2.25. The lowest BCUT2D eigenvalue weighted by Crippen LogP contribution is -2.07. The molecule has 6 heteroatoms. The molecule has 0 aliphatic carbocycles. The molecule has 3 aromatic heterocycles. The lowest BCUT2D eigenvalue weighted by atomic mass is 9.99. The molecule has 0 unspecified atom stereocenters. The van der Waals surface area contributed by atoms with Crippen LogP contribution in [0.2, 0.25) is 0 Å². The van der Waals surface area contributed by atoms with E-state index in [4.69, 9.17) is 15.1 Å². The van der Waals surface area contributed by atoms with Crippen LogP contribution >= 0.6 is 0 Å². The molecule has 0 spiro atoms. The first-order valence-electron chi connectivity index (χ1n) is 13.4. The average Bonchev–Trinajstić information content (AvgIpc) is 3.58. The Labute approximate surface area is 232 Å². The van der Waals surface area contributed by atoms with E-state index in [9.17, 15) is 0 Å². The molecule has 0 radical (unpaired) electrons. The lowest BCUT2D eigenvalue weighted by molar-refractivity contribution is 0.826. The molecule has 0 saturated heterocycles. The largest absolute Gasteiger partial charge is 0.378 e. The number of nitrogens with zero attached hydrogens (tertiary/aromatic N) is 6. The Morgan fingerprint density at radius 3 is 1.93 bits per heavy atom. The summed E-state index contributed by atoms with van der Waals surface area (Å²) in [6.45, 7) is 0.685. The monoisotopic (exact) mass is 520 g/mol. The standard InChI is InChI=1S/C34H28N6/c1-38(2)28-20-18-27(19-21-28)32-36-34-30-29(25-14-8-4-9-15-25)31(26-16-10-5-11-17-26)39(22-24-12-6-3-7-13-24)33(30)35-23-40(34)37-32/h3-21,23H,22H2,1-2H3. The first-order chi connectivity index (χ1) is 19.7. The van der Waals surface area contributed by atoms with Crippen LogP contribution in [0.4, 0.5) is 5.69 Å². The van der Waals surface area contributed by atoms with Gasteiger partial charge in [-0.2, -0.15) is 0 Å². The minimum atomic E-state index is 0.677. The van der Waals surface area contributed by atoms with Gasteiger partial charge in [0.05, 0.1) is 11.1 Å². The van der Waals surface area contributed by atoms with E-state index in [-0.39, 0.29) is 0 Å². The number of rotatable bonds is 6. The van der Waals surface area contributed by atoms with Crippen molar-refractivity contribution in [3.05, 3.63) is 127 Å². The maximum Gasteiger partial charge on any atom is 0.182 e. The van der Waals surface area contributed by atoms with E-state index < -0.39 is 0 Å². The summed E-state index contributed by atoms with van der Waals surface area (Å²) < 4.78 is 4.13. The fraction of sp³-hybridized carbons (Fsp3) is 0.0882. The zero-order valence-electron chi connectivity index (χ0n) is 22.4. The van der Waals surface area contributed by atoms with Gasteiger partial charge in [0.2, 0.25) is 0 Å². The fourth-order valence-electron chi connectivity index (χ4n) is 5.37. The molecule has 40 heavy (non-hydrogen) atoms. The molecule has 7 aromatic rings. The highest BCUT2D eigenvalue weighted by Crippen LogP contribution is 2.42. The lowest BCUT2D eigenvalue weighted by Gasteiger charge is -2.13. The van der Waals surface area contributed by atoms with Gasteiger partial charge in [-0.05, 0) is 41.0 Å². The summed E-state index contributed by atoms with van der Waals surface area (Å²) in [5.74, 6) is 0.677. The van der Waals surface area contributed by atoms with Crippen LogP contribution in [-0.4, -0.2) is 38.2 Å². The maximum atomic E-state index is 5.11. The summed E-state index contributed by atoms with van der Waals surface area (Å²) in [5, 5.41) is 5.85. The Balaban J connectivity index is 1.54. The van der Waals surface area contributed by atoms with Crippen LogP contribution in [0.3, 0.4) is 0 Å². The molecule has 7 rings (SSSR count). The van der Waals surface area contributed by atoms with Crippen LogP contribution in [0.1, 0.15) is 5.56 Å². The zero-order valence-corrected chi connectivity index (χ0v) is 22.4. The predicted molar refractivity (Wildman–Crippen MR) is 162 cm³/mol. The highest BCUT2D eigenvalue weighted by atomic mass is 15.3. The van der Waals surface area contributed by atoms with Gasteiger partial charge < -0.3 is 9.47 Å². The molecule has 0 N–H and O–H groups in total. The summed E-state index contributed by atoms with van der Waals surface area (Å²) in [6, 6.07) is 40.0. The minimum Gasteiger partial charge on any atom is -0.378 e. The molecule has 0 aliphatic heterocycles. The highest BCUT2D eigenvalue weighted by molar-refractivity contribution is 6.09. The van der Waals surface area contributed by atoms with Crippen LogP contribution in [-0.2, 0) is 6.54 Å². The Bertz CT molecular complexity index is 1920. The Morgan fingerprint density at radius 1 is 0.650 bits per heavy atom. The molecule has 0 saturated carbocycles. The molecular formula is C34H28N6. The van der Waals surface area contributed by atoms with Crippen molar-refractivity contribution >= 4 is 22.4 Å². The molecule has 0 fully saturated rings. The average molecular weight is 521 g/mol. The van der Waals surface area contributed by atoms with Crippen molar-refractivity contribution < 1.29 is 0 Å². The molecule has 194 valence electrons. The number of hydrogen-bond acceptors (Lipinski definition) is 4. The van der Waals surface area contributed by atoms with E-state index in [1.54, 1.807) is 6.33 Å². The van der Waals surface area contributed by atoms with Crippen molar-refractivity contribution in [1.82, 2.24) is 24.1 Å². The zero-order chi connectivity index (χ0) is 27.1. The predicted octanol–water partition coefficient (Wildman–Crippen LogP) is 7.19. The SMILES string of the molecule is CN(C)c1ccc(-c2nc3c4c(-c5ccccc5)c(-c5ccccc5)n(Cc5ccccc5)c4ncn3n2)cc1. The number of fused-ring (bicyclic) bond motifs is 3. The van der Waals surface area contributed by atoms with E-state index in [0.717, 1.165) is 50.3 Å². The van der Waals surface area contributed by atoms with Crippen molar-refractivity contribution in [1.29, 1.82) is 0 Å². The molecular weight excluding hydrogens is 492 g/mol. The number of aromatic nitrogens is 5. The van der Waals surface area contributed by atoms with Gasteiger partial charge in [0.25, 0.3) is 0 Å². The second-order valence-electron chi connectivity index (χ2n) is 10.1. The number of anilines is 1. The van der Waals surface area contributed by atoms with Crippen molar-refractivity contribution in [2.45, 2.75) is 6.54 Å². The van der Waals surface area contributed by atoms with Crippen molar-refractivity contribution in [2.75, 3.05) is 19.0 Å². The van der Waals surface area contributed by atoms with Gasteiger partial charge in [-0.15, -0.1) is 5.10 Å². The van der Waals surface area contributed by atoms with Gasteiger partial charge in [-0.1, -0.05) is 91.0 Å². The third-order valence-electron chi connectivity index (χ3n) is 7.32. The van der Waals surface area contributed by atoms with Gasteiger partial charge in [0.1, 0.15) is 12.0 Å². The molecule has 0 atom stereocenters. The Kier molecular flexibility index (Phi) is 5.86. The molecule has 4 aromatic carbocycles. The number of hydrogen-bond donors (Lipinski definition) is 0. The summed E-state index contributed by atoms with van der Waals surface area (Å²) in [6.07, 6.45) is 1.79. The Morgan fingerprint density at radius 2 is 1.27 bits per heavy atom. The first-order valence-corrected chi connectivity index (χ1v) is 13.4. The third-order valence-corrected chi connectivity index (χ3v) is 7.32. The van der Waals surface area contributed by atoms with Crippen molar-refractivity contribution in [3.8, 4) is 33.8 Å². The van der Waals surface area contributed by atoms with E-state index in [1.165, 1.54) is 5.56 Å². The van der Waals surface area contributed by atoms with Crippen molar-refractivity contribution in [2.24, 2.45) is 0 Å². The normalized spacial score (nSPS) is 11.3. The van der Waals surface area contributed by atoms with Crippen molar-refractivity contribution in [3.63, 3.8) is 0 Å². The number of benzene rings is 4. The van der Waals surface area contributed by atoms with Gasteiger partial charge in [0, 0.05) is 37.5 Å². The molecule has 6 nitrogen and oxygen atoms in total. The summed E-state index contributed by atoms with van der Waals surface area (Å²) >= 11 is 0. The summed E-state index contributed by atoms with van der Waals surface area (Å²) in [4.78, 5) is 12.2. The summed E-state index contributed by atoms with van der Waals surface area (Å²) in [5.41, 5.74) is 9.46. The van der Waals surface area contributed by atoms with Gasteiger partial charge in [-0.3, -0.25) is 0 Å². The molecule has 0 bridgehead atoms. The van der Waals surface area contributed by atoms with Gasteiger partial charge in [-0.25, -0.2) is 14.5 Å². The second kappa shape index (κ2) is 9.82. The second-order valence-corrected chi connectivity index (χ2v) is 10.1. The van der Waals surface area contributed by atoms with Crippen LogP contribution in [0.5, 0.6) is 0 Å².